The third-order valence-electron chi connectivity index (χ3n) is 6.66. The number of carbonyl (C=O) groups excluding carboxylic acids is 1. The fraction of sp³-hybridized carbons (Fsp3) is 0.500. The Morgan fingerprint density at radius 2 is 1.62 bits per heavy atom. The van der Waals surface area contributed by atoms with Crippen LogP contribution in [0.5, 0.6) is 5.75 Å². The number of methoxy groups -OCH3 is 1. The summed E-state index contributed by atoms with van der Waals surface area (Å²) in [5, 5.41) is 3.46. The van der Waals surface area contributed by atoms with Gasteiger partial charge in [0.15, 0.2) is 0 Å². The second-order valence-corrected chi connectivity index (χ2v) is 8.74. The summed E-state index contributed by atoms with van der Waals surface area (Å²) in [6.07, 6.45) is 3.22. The normalized spacial score (nSPS) is 17.7. The smallest absolute Gasteiger partial charge is 0.351 e. The van der Waals surface area contributed by atoms with Gasteiger partial charge >= 0.3 is 5.97 Å². The van der Waals surface area contributed by atoms with Crippen LogP contribution in [0.1, 0.15) is 30.9 Å². The molecule has 0 aliphatic carbocycles. The van der Waals surface area contributed by atoms with Crippen molar-refractivity contribution < 1.29 is 14.3 Å². The first-order valence-electron chi connectivity index (χ1n) is 11.8. The maximum atomic E-state index is 12.3. The Kier molecular flexibility index (Phi) is 12.0. The largest absolute Gasteiger partial charge is 0.474 e. The molecule has 2 aliphatic heterocycles. The first kappa shape index (κ1) is 28.2. The van der Waals surface area contributed by atoms with Gasteiger partial charge in [-0.05, 0) is 69.1 Å². The van der Waals surface area contributed by atoms with Crippen LogP contribution in [0.15, 0.2) is 54.6 Å². The summed E-state index contributed by atoms with van der Waals surface area (Å²) in [4.78, 5) is 17.3. The molecule has 188 valence electrons. The standard InChI is InChI=1S/C26H35N3O3.2ClH/c1-31-26(30)25(22-5-3-2-4-6-22)32-24-9-7-23(8-10-24)29-19-17-28(18-20-29)16-13-21-11-14-27-15-12-21;;/h2-10,21,25,27H,11-20H2,1H3;2*1H. The van der Waals surface area contributed by atoms with Gasteiger partial charge in [-0.15, -0.1) is 24.8 Å². The van der Waals surface area contributed by atoms with Crippen LogP contribution in [0.3, 0.4) is 0 Å². The highest BCUT2D eigenvalue weighted by Crippen LogP contribution is 2.26. The van der Waals surface area contributed by atoms with Gasteiger partial charge in [0.05, 0.1) is 7.11 Å². The highest BCUT2D eigenvalue weighted by Gasteiger charge is 2.24. The summed E-state index contributed by atoms with van der Waals surface area (Å²) < 4.78 is 10.9. The van der Waals surface area contributed by atoms with Crippen LogP contribution in [-0.2, 0) is 9.53 Å². The fourth-order valence-corrected chi connectivity index (χ4v) is 4.62. The molecule has 2 aromatic rings. The van der Waals surface area contributed by atoms with E-state index in [-0.39, 0.29) is 24.8 Å². The quantitative estimate of drug-likeness (QED) is 0.534. The number of benzene rings is 2. The van der Waals surface area contributed by atoms with Crippen molar-refractivity contribution in [2.24, 2.45) is 5.92 Å². The number of hydrogen-bond acceptors (Lipinski definition) is 6. The number of piperazine rings is 1. The average Bonchev–Trinajstić information content (AvgIpc) is 2.87. The molecule has 0 saturated carbocycles. The van der Waals surface area contributed by atoms with E-state index >= 15 is 0 Å². The van der Waals surface area contributed by atoms with Crippen molar-refractivity contribution in [3.63, 3.8) is 0 Å². The zero-order chi connectivity index (χ0) is 22.2. The molecule has 8 heteroatoms. The van der Waals surface area contributed by atoms with E-state index in [2.05, 4.69) is 27.2 Å². The highest BCUT2D eigenvalue weighted by molar-refractivity contribution is 5.85. The molecule has 1 unspecified atom stereocenters. The molecule has 2 aliphatic rings. The first-order valence-corrected chi connectivity index (χ1v) is 11.8. The Morgan fingerprint density at radius 1 is 0.971 bits per heavy atom. The minimum atomic E-state index is -0.768. The Morgan fingerprint density at radius 3 is 2.24 bits per heavy atom. The van der Waals surface area contributed by atoms with Gasteiger partial charge in [0.2, 0.25) is 6.10 Å². The number of ether oxygens (including phenoxy) is 2. The van der Waals surface area contributed by atoms with Crippen molar-refractivity contribution in [3.05, 3.63) is 60.2 Å². The van der Waals surface area contributed by atoms with Gasteiger partial charge in [0.1, 0.15) is 5.75 Å². The second-order valence-electron chi connectivity index (χ2n) is 8.74. The Labute approximate surface area is 215 Å². The lowest BCUT2D eigenvalue weighted by Crippen LogP contribution is -2.47. The summed E-state index contributed by atoms with van der Waals surface area (Å²) in [5.74, 6) is 1.15. The first-order chi connectivity index (χ1) is 15.7. The Bertz CT molecular complexity index is 840. The number of hydrogen-bond donors (Lipinski definition) is 1. The number of halogens is 2. The summed E-state index contributed by atoms with van der Waals surface area (Å²) in [6, 6.07) is 17.5. The molecule has 0 amide bonds. The molecule has 6 nitrogen and oxygen atoms in total. The van der Waals surface area contributed by atoms with Gasteiger partial charge in [0, 0.05) is 37.4 Å². The lowest BCUT2D eigenvalue weighted by atomic mass is 9.94. The summed E-state index contributed by atoms with van der Waals surface area (Å²) in [7, 11) is 1.39. The maximum absolute atomic E-state index is 12.3. The molecule has 2 heterocycles. The molecule has 1 N–H and O–H groups in total. The van der Waals surface area contributed by atoms with Gasteiger partial charge in [-0.25, -0.2) is 4.79 Å². The van der Waals surface area contributed by atoms with Crippen molar-refractivity contribution in [3.8, 4) is 5.75 Å². The zero-order valence-corrected chi connectivity index (χ0v) is 21.5. The highest BCUT2D eigenvalue weighted by atomic mass is 35.5. The lowest BCUT2D eigenvalue weighted by Gasteiger charge is -2.37. The van der Waals surface area contributed by atoms with Gasteiger partial charge < -0.3 is 19.7 Å². The van der Waals surface area contributed by atoms with E-state index in [1.807, 2.05) is 42.5 Å². The molecule has 0 radical (unpaired) electrons. The van der Waals surface area contributed by atoms with Gasteiger partial charge in [0.25, 0.3) is 0 Å². The summed E-state index contributed by atoms with van der Waals surface area (Å²) in [6.45, 7) is 7.90. The molecular formula is C26H37Cl2N3O3. The van der Waals surface area contributed by atoms with E-state index in [0.29, 0.717) is 5.75 Å². The van der Waals surface area contributed by atoms with E-state index in [0.717, 1.165) is 37.7 Å². The fourth-order valence-electron chi connectivity index (χ4n) is 4.62. The van der Waals surface area contributed by atoms with Crippen LogP contribution in [0.25, 0.3) is 0 Å². The van der Waals surface area contributed by atoms with Gasteiger partial charge in [-0.2, -0.15) is 0 Å². The van der Waals surface area contributed by atoms with Crippen LogP contribution in [-0.4, -0.2) is 63.8 Å². The lowest BCUT2D eigenvalue weighted by molar-refractivity contribution is -0.149. The van der Waals surface area contributed by atoms with Gasteiger partial charge in [-0.1, -0.05) is 30.3 Å². The van der Waals surface area contributed by atoms with Crippen LogP contribution in [0, 0.1) is 5.92 Å². The molecule has 2 aromatic carbocycles. The monoisotopic (exact) mass is 509 g/mol. The van der Waals surface area contributed by atoms with Crippen LogP contribution >= 0.6 is 24.8 Å². The second kappa shape index (κ2) is 14.4. The maximum Gasteiger partial charge on any atom is 0.351 e. The molecule has 1 atom stereocenters. The molecule has 34 heavy (non-hydrogen) atoms. The van der Waals surface area contributed by atoms with Crippen LogP contribution in [0.2, 0.25) is 0 Å². The van der Waals surface area contributed by atoms with Gasteiger partial charge in [-0.3, -0.25) is 4.90 Å². The molecule has 0 bridgehead atoms. The number of piperidine rings is 1. The predicted octanol–water partition coefficient (Wildman–Crippen LogP) is 4.34. The van der Waals surface area contributed by atoms with E-state index in [1.165, 1.54) is 51.7 Å². The van der Waals surface area contributed by atoms with Crippen LogP contribution in [0.4, 0.5) is 5.69 Å². The van der Waals surface area contributed by atoms with Crippen LogP contribution < -0.4 is 15.0 Å². The third-order valence-corrected chi connectivity index (χ3v) is 6.66. The Balaban J connectivity index is 0.00000204. The van der Waals surface area contributed by atoms with E-state index in [9.17, 15) is 4.79 Å². The number of rotatable bonds is 8. The molecular weight excluding hydrogens is 473 g/mol. The minimum Gasteiger partial charge on any atom is -0.474 e. The zero-order valence-electron chi connectivity index (χ0n) is 19.9. The van der Waals surface area contributed by atoms with E-state index < -0.39 is 12.1 Å². The third kappa shape index (κ3) is 7.77. The van der Waals surface area contributed by atoms with E-state index in [4.69, 9.17) is 9.47 Å². The number of esters is 1. The van der Waals surface area contributed by atoms with Crippen molar-refractivity contribution in [1.82, 2.24) is 10.2 Å². The topological polar surface area (TPSA) is 54.0 Å². The minimum absolute atomic E-state index is 0. The number of carbonyl (C=O) groups is 1. The van der Waals surface area contributed by atoms with Crippen molar-refractivity contribution in [1.29, 1.82) is 0 Å². The predicted molar refractivity (Wildman–Crippen MR) is 142 cm³/mol. The van der Waals surface area contributed by atoms with Crippen molar-refractivity contribution in [2.75, 3.05) is 57.8 Å². The average molecular weight is 511 g/mol. The molecule has 2 fully saturated rings. The molecule has 0 aromatic heterocycles. The summed E-state index contributed by atoms with van der Waals surface area (Å²) in [5.41, 5.74) is 1.98. The molecule has 2 saturated heterocycles. The molecule has 0 spiro atoms. The van der Waals surface area contributed by atoms with E-state index in [1.54, 1.807) is 0 Å². The van der Waals surface area contributed by atoms with Crippen molar-refractivity contribution in [2.45, 2.75) is 25.4 Å². The summed E-state index contributed by atoms with van der Waals surface area (Å²) >= 11 is 0. The molecule has 4 rings (SSSR count). The SMILES string of the molecule is COC(=O)C(Oc1ccc(N2CCN(CCC3CCNCC3)CC2)cc1)c1ccccc1.Cl.Cl. The number of anilines is 1. The van der Waals surface area contributed by atoms with Crippen molar-refractivity contribution >= 4 is 36.5 Å². The Hall–Kier alpha value is -1.99. The number of nitrogens with one attached hydrogen (secondary N) is 1. The number of nitrogens with zero attached hydrogens (tertiary/aromatic N) is 2.